The van der Waals surface area contributed by atoms with Gasteiger partial charge < -0.3 is 13.9 Å². The number of anilines is 3. The molecular formula is C46H28N2OS. The molecule has 3 aromatic heterocycles. The number of furan rings is 1. The molecule has 11 aromatic rings. The molecule has 0 N–H and O–H groups in total. The van der Waals surface area contributed by atoms with E-state index in [2.05, 4.69) is 167 Å². The largest absolute Gasteiger partial charge is 0.456 e. The minimum absolute atomic E-state index is 0.912. The van der Waals surface area contributed by atoms with Gasteiger partial charge in [0, 0.05) is 48.4 Å². The molecule has 4 heteroatoms. The van der Waals surface area contributed by atoms with Crippen molar-refractivity contribution < 1.29 is 4.42 Å². The third-order valence-electron chi connectivity index (χ3n) is 10.1. The third kappa shape index (κ3) is 3.97. The topological polar surface area (TPSA) is 21.3 Å². The monoisotopic (exact) mass is 656 g/mol. The number of thiophene rings is 1. The quantitative estimate of drug-likeness (QED) is 0.188. The molecule has 50 heavy (non-hydrogen) atoms. The first kappa shape index (κ1) is 27.6. The molecule has 3 heterocycles. The Kier molecular flexibility index (Phi) is 5.83. The predicted octanol–water partition coefficient (Wildman–Crippen LogP) is 13.7. The number of nitrogens with zero attached hydrogens (tertiary/aromatic N) is 2. The number of fused-ring (bicyclic) bond motifs is 10. The lowest BCUT2D eigenvalue weighted by molar-refractivity contribution is 0.669. The molecule has 0 saturated carbocycles. The summed E-state index contributed by atoms with van der Waals surface area (Å²) >= 11 is 1.86. The van der Waals surface area contributed by atoms with Crippen LogP contribution < -0.4 is 4.90 Å². The minimum atomic E-state index is 0.912. The van der Waals surface area contributed by atoms with Crippen LogP contribution in [-0.4, -0.2) is 4.57 Å². The fraction of sp³-hybridized carbons (Fsp3) is 0. The molecule has 0 atom stereocenters. The van der Waals surface area contributed by atoms with Crippen molar-refractivity contribution in [1.29, 1.82) is 0 Å². The van der Waals surface area contributed by atoms with Crippen molar-refractivity contribution in [3.05, 3.63) is 170 Å². The summed E-state index contributed by atoms with van der Waals surface area (Å²) in [7, 11) is 0. The van der Waals surface area contributed by atoms with Gasteiger partial charge in [-0.2, -0.15) is 0 Å². The number of rotatable bonds is 4. The van der Waals surface area contributed by atoms with Crippen molar-refractivity contribution in [3.63, 3.8) is 0 Å². The zero-order valence-corrected chi connectivity index (χ0v) is 27.7. The van der Waals surface area contributed by atoms with E-state index in [0.717, 1.165) is 50.1 Å². The molecule has 0 saturated heterocycles. The second kappa shape index (κ2) is 10.6. The summed E-state index contributed by atoms with van der Waals surface area (Å²) in [6.07, 6.45) is 0. The van der Waals surface area contributed by atoms with Crippen LogP contribution in [0.25, 0.3) is 80.4 Å². The number of aromatic nitrogens is 1. The lowest BCUT2D eigenvalue weighted by atomic mass is 10.0. The van der Waals surface area contributed by atoms with Crippen LogP contribution in [0.3, 0.4) is 0 Å². The molecule has 0 unspecified atom stereocenters. The fourth-order valence-electron chi connectivity index (χ4n) is 7.94. The van der Waals surface area contributed by atoms with Gasteiger partial charge in [0.15, 0.2) is 0 Å². The molecule has 11 rings (SSSR count). The van der Waals surface area contributed by atoms with Gasteiger partial charge in [-0.25, -0.2) is 0 Å². The molecular weight excluding hydrogens is 629 g/mol. The van der Waals surface area contributed by atoms with Gasteiger partial charge in [-0.3, -0.25) is 0 Å². The first-order chi connectivity index (χ1) is 24.8. The first-order valence-electron chi connectivity index (χ1n) is 16.9. The highest BCUT2D eigenvalue weighted by Crippen LogP contribution is 2.48. The Bertz CT molecular complexity index is 3110. The summed E-state index contributed by atoms with van der Waals surface area (Å²) < 4.78 is 11.3. The Hall–Kier alpha value is -6.36. The normalized spacial score (nSPS) is 12.0. The second-order valence-electron chi connectivity index (χ2n) is 12.9. The van der Waals surface area contributed by atoms with E-state index in [1.54, 1.807) is 0 Å². The number of hydrogen-bond acceptors (Lipinski definition) is 3. The van der Waals surface area contributed by atoms with Crippen LogP contribution in [0.5, 0.6) is 0 Å². The van der Waals surface area contributed by atoms with Gasteiger partial charge in [0.1, 0.15) is 11.2 Å². The molecule has 3 nitrogen and oxygen atoms in total. The Labute approximate surface area is 291 Å². The van der Waals surface area contributed by atoms with Crippen LogP contribution in [0.2, 0.25) is 0 Å². The molecule has 0 fully saturated rings. The van der Waals surface area contributed by atoms with Crippen LogP contribution in [0.1, 0.15) is 0 Å². The zero-order valence-electron chi connectivity index (χ0n) is 26.9. The van der Waals surface area contributed by atoms with E-state index in [-0.39, 0.29) is 0 Å². The Morgan fingerprint density at radius 2 is 1.18 bits per heavy atom. The van der Waals surface area contributed by atoms with Crippen molar-refractivity contribution in [2.24, 2.45) is 0 Å². The van der Waals surface area contributed by atoms with E-state index < -0.39 is 0 Å². The van der Waals surface area contributed by atoms with Crippen molar-refractivity contribution in [2.45, 2.75) is 0 Å². The van der Waals surface area contributed by atoms with E-state index in [9.17, 15) is 0 Å². The lowest BCUT2D eigenvalue weighted by Crippen LogP contribution is -2.12. The van der Waals surface area contributed by atoms with E-state index in [0.29, 0.717) is 0 Å². The maximum atomic E-state index is 6.27. The molecule has 0 bridgehead atoms. The third-order valence-corrected chi connectivity index (χ3v) is 11.3. The van der Waals surface area contributed by atoms with Gasteiger partial charge in [-0.05, 0) is 77.5 Å². The highest BCUT2D eigenvalue weighted by Gasteiger charge is 2.24. The molecule has 0 aliphatic carbocycles. The maximum absolute atomic E-state index is 6.27. The summed E-state index contributed by atoms with van der Waals surface area (Å²) in [4.78, 5) is 2.48. The van der Waals surface area contributed by atoms with Crippen molar-refractivity contribution >= 4 is 103 Å². The number of benzene rings is 8. The summed E-state index contributed by atoms with van der Waals surface area (Å²) in [5.74, 6) is 0. The average molecular weight is 657 g/mol. The van der Waals surface area contributed by atoms with Gasteiger partial charge in [0.05, 0.1) is 27.1 Å². The number of para-hydroxylation sites is 4. The van der Waals surface area contributed by atoms with E-state index >= 15 is 0 Å². The summed E-state index contributed by atoms with van der Waals surface area (Å²) in [5.41, 5.74) is 8.72. The van der Waals surface area contributed by atoms with E-state index in [1.165, 1.54) is 47.4 Å². The molecule has 0 aliphatic heterocycles. The smallest absolute Gasteiger partial charge is 0.136 e. The van der Waals surface area contributed by atoms with Crippen LogP contribution in [0, 0.1) is 0 Å². The summed E-state index contributed by atoms with van der Waals surface area (Å²) in [6, 6.07) is 61.4. The predicted molar refractivity (Wildman–Crippen MR) is 213 cm³/mol. The van der Waals surface area contributed by atoms with Gasteiger partial charge >= 0.3 is 0 Å². The van der Waals surface area contributed by atoms with E-state index in [1.807, 2.05) is 23.5 Å². The SMILES string of the molecule is c1ccc(-n2c3ccccc3c3cccc(N(c4ccc5cc6oc7ccccc7c6cc5c4)c4cccc5c4sc4ccccc45)c32)cc1. The second-order valence-corrected chi connectivity index (χ2v) is 14.0. The van der Waals surface area contributed by atoms with Crippen molar-refractivity contribution in [3.8, 4) is 5.69 Å². The molecule has 0 spiro atoms. The van der Waals surface area contributed by atoms with Crippen molar-refractivity contribution in [1.82, 2.24) is 4.57 Å². The van der Waals surface area contributed by atoms with Crippen LogP contribution in [0.4, 0.5) is 17.1 Å². The van der Waals surface area contributed by atoms with E-state index in [4.69, 9.17) is 4.42 Å². The van der Waals surface area contributed by atoms with Crippen LogP contribution >= 0.6 is 11.3 Å². The van der Waals surface area contributed by atoms with Gasteiger partial charge in [-0.1, -0.05) is 103 Å². The number of hydrogen-bond donors (Lipinski definition) is 0. The lowest BCUT2D eigenvalue weighted by Gasteiger charge is -2.28. The minimum Gasteiger partial charge on any atom is -0.456 e. The Balaban J connectivity index is 1.26. The average Bonchev–Trinajstić information content (AvgIpc) is 3.84. The van der Waals surface area contributed by atoms with Crippen LogP contribution in [-0.2, 0) is 0 Å². The first-order valence-corrected chi connectivity index (χ1v) is 17.7. The maximum Gasteiger partial charge on any atom is 0.136 e. The molecule has 0 amide bonds. The molecule has 234 valence electrons. The van der Waals surface area contributed by atoms with Gasteiger partial charge in [0.25, 0.3) is 0 Å². The summed E-state index contributed by atoms with van der Waals surface area (Å²) in [5, 5.41) is 9.62. The highest BCUT2D eigenvalue weighted by atomic mass is 32.1. The molecule has 0 radical (unpaired) electrons. The highest BCUT2D eigenvalue weighted by molar-refractivity contribution is 7.26. The zero-order chi connectivity index (χ0) is 32.8. The Morgan fingerprint density at radius 3 is 2.08 bits per heavy atom. The standard InChI is InChI=1S/C46H28N2OS/c1-2-12-31(13-3-1)48-39-19-7-4-14-33(39)36-17-10-20-40(45(36)48)47(41-21-11-18-37-35-16-6-9-23-44(35)50-46(37)41)32-25-24-29-28-43-38(27-30(29)26-32)34-15-5-8-22-42(34)49-43/h1-28H. The van der Waals surface area contributed by atoms with Crippen LogP contribution in [0.15, 0.2) is 174 Å². The Morgan fingerprint density at radius 1 is 0.460 bits per heavy atom. The van der Waals surface area contributed by atoms with Gasteiger partial charge in [0.2, 0.25) is 0 Å². The molecule has 0 aliphatic rings. The fourth-order valence-corrected chi connectivity index (χ4v) is 9.14. The summed E-state index contributed by atoms with van der Waals surface area (Å²) in [6.45, 7) is 0. The molecule has 8 aromatic carbocycles. The van der Waals surface area contributed by atoms with Crippen molar-refractivity contribution in [2.75, 3.05) is 4.90 Å². The van der Waals surface area contributed by atoms with Gasteiger partial charge in [-0.15, -0.1) is 11.3 Å².